The van der Waals surface area contributed by atoms with E-state index in [1.807, 2.05) is 0 Å². The largest absolute Gasteiger partial charge is 0.503 e. The van der Waals surface area contributed by atoms with Gasteiger partial charge in [0.15, 0.2) is 17.8 Å². The highest BCUT2D eigenvalue weighted by molar-refractivity contribution is 6.08. The van der Waals surface area contributed by atoms with Crippen molar-refractivity contribution >= 4 is 11.7 Å². The van der Waals surface area contributed by atoms with Crippen molar-refractivity contribution in [2.75, 3.05) is 20.8 Å². The topological polar surface area (TPSA) is 76.1 Å². The second kappa shape index (κ2) is 6.89. The molecule has 1 aliphatic rings. The normalized spacial score (nSPS) is 18.2. The molecule has 0 fully saturated rings. The molecule has 0 bridgehead atoms. The van der Waals surface area contributed by atoms with Crippen molar-refractivity contribution in [3.05, 3.63) is 47.0 Å². The molecule has 1 unspecified atom stereocenters. The Morgan fingerprint density at radius 1 is 1.30 bits per heavy atom. The second-order valence-corrected chi connectivity index (χ2v) is 5.13. The number of methoxy groups -OCH3 is 2. The minimum atomic E-state index is -0.812. The summed E-state index contributed by atoms with van der Waals surface area (Å²) in [6, 6.07) is 4.59. The standard InChI is InChI=1S/C16H18FNO5/c1-9(19)13-14(10-4-6-11(17)7-5-10)18(16(21)15(13)20)8-12(22-2)23-3/h4-7,12,14,20H,8H2,1-3H3. The zero-order valence-corrected chi connectivity index (χ0v) is 13.1. The van der Waals surface area contributed by atoms with Crippen molar-refractivity contribution in [1.82, 2.24) is 4.90 Å². The smallest absolute Gasteiger partial charge is 0.290 e. The molecule has 0 aliphatic carbocycles. The van der Waals surface area contributed by atoms with Gasteiger partial charge in [0.05, 0.1) is 18.2 Å². The van der Waals surface area contributed by atoms with Crippen LogP contribution in [0.25, 0.3) is 0 Å². The van der Waals surface area contributed by atoms with Crippen molar-refractivity contribution < 1.29 is 28.6 Å². The number of ketones is 1. The van der Waals surface area contributed by atoms with Gasteiger partial charge in [-0.15, -0.1) is 0 Å². The van der Waals surface area contributed by atoms with Crippen molar-refractivity contribution in [3.8, 4) is 0 Å². The molecule has 0 saturated carbocycles. The Kier molecular flexibility index (Phi) is 5.12. The lowest BCUT2D eigenvalue weighted by molar-refractivity contribution is -0.144. The van der Waals surface area contributed by atoms with Crippen LogP contribution < -0.4 is 0 Å². The summed E-state index contributed by atoms with van der Waals surface area (Å²) in [5.41, 5.74) is 0.493. The minimum Gasteiger partial charge on any atom is -0.503 e. The van der Waals surface area contributed by atoms with E-state index in [2.05, 4.69) is 0 Å². The Labute approximate surface area is 133 Å². The molecule has 7 heteroatoms. The lowest BCUT2D eigenvalue weighted by Crippen LogP contribution is -2.38. The van der Waals surface area contributed by atoms with Crippen LogP contribution in [0.5, 0.6) is 0 Å². The van der Waals surface area contributed by atoms with E-state index in [9.17, 15) is 19.1 Å². The number of carbonyl (C=O) groups excluding carboxylic acids is 2. The first-order valence-corrected chi connectivity index (χ1v) is 6.96. The van der Waals surface area contributed by atoms with Crippen LogP contribution in [0.1, 0.15) is 18.5 Å². The molecule has 124 valence electrons. The maximum atomic E-state index is 13.2. The Morgan fingerprint density at radius 3 is 2.35 bits per heavy atom. The summed E-state index contributed by atoms with van der Waals surface area (Å²) in [6.07, 6.45) is -0.721. The third kappa shape index (κ3) is 3.25. The average molecular weight is 323 g/mol. The van der Waals surface area contributed by atoms with Gasteiger partial charge in [-0.3, -0.25) is 9.59 Å². The summed E-state index contributed by atoms with van der Waals surface area (Å²) in [4.78, 5) is 25.5. The fourth-order valence-electron chi connectivity index (χ4n) is 2.60. The zero-order chi connectivity index (χ0) is 17.1. The summed E-state index contributed by atoms with van der Waals surface area (Å²) in [7, 11) is 2.83. The number of Topliss-reactive ketones (excluding diaryl/α,β-unsaturated/α-hetero) is 1. The average Bonchev–Trinajstić information content (AvgIpc) is 2.77. The quantitative estimate of drug-likeness (QED) is 0.807. The van der Waals surface area contributed by atoms with Crippen LogP contribution >= 0.6 is 0 Å². The first-order chi connectivity index (χ1) is 10.9. The number of hydrogen-bond donors (Lipinski definition) is 1. The molecule has 0 spiro atoms. The van der Waals surface area contributed by atoms with Crippen LogP contribution in [0.4, 0.5) is 4.39 Å². The Balaban J connectivity index is 2.46. The Hall–Kier alpha value is -2.25. The fourth-order valence-corrected chi connectivity index (χ4v) is 2.60. The van der Waals surface area contributed by atoms with E-state index in [0.29, 0.717) is 5.56 Å². The molecular formula is C16H18FNO5. The lowest BCUT2D eigenvalue weighted by atomic mass is 9.97. The fraction of sp³-hybridized carbons (Fsp3) is 0.375. The number of benzene rings is 1. The molecule has 1 aromatic rings. The van der Waals surface area contributed by atoms with Gasteiger partial charge in [0.2, 0.25) is 0 Å². The van der Waals surface area contributed by atoms with E-state index in [0.717, 1.165) is 0 Å². The van der Waals surface area contributed by atoms with Crippen molar-refractivity contribution in [1.29, 1.82) is 0 Å². The van der Waals surface area contributed by atoms with Gasteiger partial charge < -0.3 is 19.5 Å². The number of carbonyl (C=O) groups is 2. The summed E-state index contributed by atoms with van der Waals surface area (Å²) in [6.45, 7) is 1.28. The van der Waals surface area contributed by atoms with E-state index in [-0.39, 0.29) is 12.1 Å². The SMILES string of the molecule is COC(CN1C(=O)C(O)=C(C(C)=O)C1c1ccc(F)cc1)OC. The van der Waals surface area contributed by atoms with E-state index >= 15 is 0 Å². The van der Waals surface area contributed by atoms with Gasteiger partial charge in [-0.1, -0.05) is 12.1 Å². The molecule has 0 aromatic heterocycles. The maximum absolute atomic E-state index is 13.2. The number of halogens is 1. The predicted octanol–water partition coefficient (Wildman–Crippen LogP) is 1.73. The van der Waals surface area contributed by atoms with Gasteiger partial charge in [0.25, 0.3) is 5.91 Å². The minimum absolute atomic E-state index is 0.00865. The van der Waals surface area contributed by atoms with Gasteiger partial charge in [-0.2, -0.15) is 0 Å². The van der Waals surface area contributed by atoms with E-state index in [4.69, 9.17) is 9.47 Å². The van der Waals surface area contributed by atoms with Crippen LogP contribution in [0.15, 0.2) is 35.6 Å². The molecule has 23 heavy (non-hydrogen) atoms. The molecule has 1 amide bonds. The summed E-state index contributed by atoms with van der Waals surface area (Å²) >= 11 is 0. The lowest BCUT2D eigenvalue weighted by Gasteiger charge is -2.29. The highest BCUT2D eigenvalue weighted by atomic mass is 19.1. The van der Waals surface area contributed by atoms with Crippen LogP contribution in [-0.4, -0.2) is 48.8 Å². The van der Waals surface area contributed by atoms with Crippen molar-refractivity contribution in [3.63, 3.8) is 0 Å². The number of rotatable bonds is 6. The highest BCUT2D eigenvalue weighted by Crippen LogP contribution is 2.37. The monoisotopic (exact) mass is 323 g/mol. The van der Waals surface area contributed by atoms with Gasteiger partial charge in [-0.05, 0) is 24.6 Å². The van der Waals surface area contributed by atoms with Gasteiger partial charge in [0.1, 0.15) is 5.82 Å². The first kappa shape index (κ1) is 17.1. The van der Waals surface area contributed by atoms with E-state index < -0.39 is 35.6 Å². The number of amides is 1. The van der Waals surface area contributed by atoms with Crippen LogP contribution in [-0.2, 0) is 19.1 Å². The molecule has 6 nitrogen and oxygen atoms in total. The number of nitrogens with zero attached hydrogens (tertiary/aromatic N) is 1. The Bertz CT molecular complexity index is 636. The summed E-state index contributed by atoms with van der Waals surface area (Å²) in [5, 5.41) is 10.1. The molecular weight excluding hydrogens is 305 g/mol. The molecule has 1 heterocycles. The van der Waals surface area contributed by atoms with Crippen LogP contribution in [0.3, 0.4) is 0 Å². The molecule has 1 aliphatic heterocycles. The maximum Gasteiger partial charge on any atom is 0.290 e. The van der Waals surface area contributed by atoms with Gasteiger partial charge in [0, 0.05) is 14.2 Å². The van der Waals surface area contributed by atoms with Crippen molar-refractivity contribution in [2.24, 2.45) is 0 Å². The first-order valence-electron chi connectivity index (χ1n) is 6.96. The van der Waals surface area contributed by atoms with E-state index in [1.165, 1.54) is 50.3 Å². The Morgan fingerprint density at radius 2 is 1.87 bits per heavy atom. The van der Waals surface area contributed by atoms with Crippen LogP contribution in [0.2, 0.25) is 0 Å². The molecule has 1 N–H and O–H groups in total. The van der Waals surface area contributed by atoms with Crippen LogP contribution in [0, 0.1) is 5.82 Å². The third-order valence-corrected chi connectivity index (χ3v) is 3.74. The molecule has 1 aromatic carbocycles. The number of aliphatic hydroxyl groups excluding tert-OH is 1. The second-order valence-electron chi connectivity index (χ2n) is 5.13. The van der Waals surface area contributed by atoms with E-state index in [1.54, 1.807) is 0 Å². The molecule has 1 atom stereocenters. The number of aliphatic hydroxyl groups is 1. The van der Waals surface area contributed by atoms with Gasteiger partial charge in [-0.25, -0.2) is 4.39 Å². The molecule has 2 rings (SSSR count). The van der Waals surface area contributed by atoms with Gasteiger partial charge >= 0.3 is 0 Å². The van der Waals surface area contributed by atoms with Crippen molar-refractivity contribution in [2.45, 2.75) is 19.3 Å². The third-order valence-electron chi connectivity index (χ3n) is 3.74. The summed E-state index contributed by atoms with van der Waals surface area (Å²) < 4.78 is 23.3. The number of hydrogen-bond acceptors (Lipinski definition) is 5. The molecule has 0 radical (unpaired) electrons. The summed E-state index contributed by atoms with van der Waals surface area (Å²) in [5.74, 6) is -2.16. The number of ether oxygens (including phenoxy) is 2. The molecule has 0 saturated heterocycles. The predicted molar refractivity (Wildman–Crippen MR) is 79.0 cm³/mol. The highest BCUT2D eigenvalue weighted by Gasteiger charge is 2.43. The zero-order valence-electron chi connectivity index (χ0n) is 13.1.